The van der Waals surface area contributed by atoms with Gasteiger partial charge in [-0.1, -0.05) is 49.2 Å². The Hall–Kier alpha value is -3.09. The van der Waals surface area contributed by atoms with E-state index in [2.05, 4.69) is 15.3 Å². The summed E-state index contributed by atoms with van der Waals surface area (Å²) in [4.78, 5) is 33.5. The minimum atomic E-state index is -3.97. The number of thiazole rings is 1. The molecule has 1 aromatic carbocycles. The van der Waals surface area contributed by atoms with Gasteiger partial charge in [-0.3, -0.25) is 9.59 Å². The Morgan fingerprint density at radius 1 is 1.14 bits per heavy atom. The third-order valence-electron chi connectivity index (χ3n) is 6.04. The molecule has 3 aromatic rings. The molecule has 0 bridgehead atoms. The van der Waals surface area contributed by atoms with E-state index in [9.17, 15) is 18.0 Å². The van der Waals surface area contributed by atoms with Crippen LogP contribution >= 0.6 is 11.3 Å². The number of hydrogen-bond donors (Lipinski definition) is 3. The number of nitrogens with zero attached hydrogens (tertiary/aromatic N) is 2. The highest BCUT2D eigenvalue weighted by atomic mass is 32.2. The predicted molar refractivity (Wildman–Crippen MR) is 131 cm³/mol. The summed E-state index contributed by atoms with van der Waals surface area (Å²) in [7, 11) is -2.43. The molecule has 3 N–H and O–H groups in total. The van der Waals surface area contributed by atoms with Gasteiger partial charge in [-0.2, -0.15) is 4.72 Å². The number of aromatic nitrogens is 2. The number of carbonyl (C=O) groups excluding carboxylic acids is 1. The number of pyridine rings is 1. The molecule has 0 saturated heterocycles. The van der Waals surface area contributed by atoms with Crippen LogP contribution in [-0.2, 0) is 19.6 Å². The van der Waals surface area contributed by atoms with Gasteiger partial charge in [0.1, 0.15) is 16.9 Å². The second-order valence-corrected chi connectivity index (χ2v) is 11.2. The van der Waals surface area contributed by atoms with Gasteiger partial charge >= 0.3 is 5.97 Å². The van der Waals surface area contributed by atoms with Gasteiger partial charge in [-0.15, -0.1) is 0 Å². The molecule has 12 heteroatoms. The molecule has 1 amide bonds. The maximum absolute atomic E-state index is 13.4. The quantitative estimate of drug-likeness (QED) is 0.370. The van der Waals surface area contributed by atoms with Crippen molar-refractivity contribution in [2.45, 2.75) is 42.9 Å². The smallest absolute Gasteiger partial charge is 0.318 e. The van der Waals surface area contributed by atoms with Crippen molar-refractivity contribution >= 4 is 48.7 Å². The second kappa shape index (κ2) is 10.7. The largest absolute Gasteiger partial charge is 0.481 e. The summed E-state index contributed by atoms with van der Waals surface area (Å²) in [6.45, 7) is -0.709. The Balaban J connectivity index is 1.56. The first-order valence-electron chi connectivity index (χ1n) is 11.2. The summed E-state index contributed by atoms with van der Waals surface area (Å²) < 4.78 is 31.8. The van der Waals surface area contributed by atoms with E-state index in [1.54, 1.807) is 24.3 Å². The van der Waals surface area contributed by atoms with E-state index in [1.807, 2.05) is 4.72 Å². The number of nitrogens with one attached hydrogen (secondary N) is 2. The van der Waals surface area contributed by atoms with Crippen molar-refractivity contribution in [3.05, 3.63) is 42.0 Å². The number of aliphatic carboxylic acids is 1. The molecule has 35 heavy (non-hydrogen) atoms. The normalized spacial score (nSPS) is 15.2. The molecule has 1 fully saturated rings. The maximum Gasteiger partial charge on any atom is 0.318 e. The predicted octanol–water partition coefficient (Wildman–Crippen LogP) is 3.37. The fourth-order valence-electron chi connectivity index (χ4n) is 4.25. The number of ether oxygens (including phenoxy) is 1. The Labute approximate surface area is 206 Å². The molecule has 2 aromatic heterocycles. The average molecular weight is 519 g/mol. The molecule has 1 saturated carbocycles. The molecule has 0 radical (unpaired) electrons. The van der Waals surface area contributed by atoms with Crippen LogP contribution in [0.4, 0.5) is 5.13 Å². The highest BCUT2D eigenvalue weighted by Crippen LogP contribution is 2.36. The fraction of sp³-hybridized carbons (Fsp3) is 0.391. The van der Waals surface area contributed by atoms with Crippen LogP contribution < -0.4 is 14.8 Å². The van der Waals surface area contributed by atoms with Crippen molar-refractivity contribution in [1.29, 1.82) is 0 Å². The molecule has 186 valence electrons. The van der Waals surface area contributed by atoms with Crippen molar-refractivity contribution in [3.8, 4) is 5.88 Å². The van der Waals surface area contributed by atoms with E-state index < -0.39 is 28.5 Å². The lowest BCUT2D eigenvalue weighted by molar-refractivity contribution is -0.135. The molecule has 0 spiro atoms. The molecule has 2 heterocycles. The first kappa shape index (κ1) is 25.0. The summed E-state index contributed by atoms with van der Waals surface area (Å²) in [5.74, 6) is -1.11. The van der Waals surface area contributed by atoms with Crippen LogP contribution in [0, 0.1) is 5.92 Å². The number of benzene rings is 1. The van der Waals surface area contributed by atoms with Crippen LogP contribution in [0.2, 0.25) is 0 Å². The van der Waals surface area contributed by atoms with E-state index in [0.29, 0.717) is 39.3 Å². The summed E-state index contributed by atoms with van der Waals surface area (Å²) >= 11 is 1.25. The molecule has 4 rings (SSSR count). The molecule has 1 aliphatic rings. The molecular weight excluding hydrogens is 492 g/mol. The van der Waals surface area contributed by atoms with Gasteiger partial charge in [-0.05, 0) is 36.1 Å². The number of carbonyl (C=O) groups is 2. The lowest BCUT2D eigenvalue weighted by atomic mass is 9.87. The van der Waals surface area contributed by atoms with Crippen LogP contribution in [0.5, 0.6) is 5.88 Å². The number of hydrogen-bond acceptors (Lipinski definition) is 8. The van der Waals surface area contributed by atoms with Gasteiger partial charge in [0.15, 0.2) is 5.13 Å². The van der Waals surface area contributed by atoms with E-state index >= 15 is 0 Å². The third kappa shape index (κ3) is 6.13. The number of sulfonamides is 1. The van der Waals surface area contributed by atoms with Gasteiger partial charge in [0.2, 0.25) is 21.8 Å². The van der Waals surface area contributed by atoms with Crippen LogP contribution in [0.15, 0.2) is 41.3 Å². The first-order valence-corrected chi connectivity index (χ1v) is 13.5. The standard InChI is InChI=1S/C23H26N4O6S2/c1-33-19-11-10-18-22(26-19)34-23(25-18)27-21(30)17(12-14-4-2-3-5-14)15-6-8-16(9-7-15)35(31,32)24-13-20(28)29/h6-11,14,17,24H,2-5,12-13H2,1H3,(H,28,29)(H,25,27,30)/t17-/m1/s1. The Bertz CT molecular complexity index is 1320. The monoisotopic (exact) mass is 518 g/mol. The van der Waals surface area contributed by atoms with E-state index in [4.69, 9.17) is 9.84 Å². The zero-order valence-corrected chi connectivity index (χ0v) is 20.7. The van der Waals surface area contributed by atoms with E-state index in [0.717, 1.165) is 25.7 Å². The summed E-state index contributed by atoms with van der Waals surface area (Å²) in [6.07, 6.45) is 5.03. The second-order valence-electron chi connectivity index (χ2n) is 8.41. The van der Waals surface area contributed by atoms with E-state index in [1.165, 1.54) is 30.6 Å². The highest BCUT2D eigenvalue weighted by Gasteiger charge is 2.28. The van der Waals surface area contributed by atoms with Gasteiger partial charge in [0.25, 0.3) is 0 Å². The Morgan fingerprint density at radius 3 is 2.51 bits per heavy atom. The summed E-state index contributed by atoms with van der Waals surface area (Å²) in [6, 6.07) is 9.49. The number of methoxy groups -OCH3 is 1. The van der Waals surface area contributed by atoms with Gasteiger partial charge < -0.3 is 15.2 Å². The van der Waals surface area contributed by atoms with Crippen molar-refractivity contribution in [3.63, 3.8) is 0 Å². The molecule has 0 aliphatic heterocycles. The van der Waals surface area contributed by atoms with Gasteiger partial charge in [0, 0.05) is 6.07 Å². The zero-order chi connectivity index (χ0) is 25.0. The molecular formula is C23H26N4O6S2. The minimum Gasteiger partial charge on any atom is -0.481 e. The SMILES string of the molecule is COc1ccc2nc(NC(=O)[C@H](CC3CCCC3)c3ccc(S(=O)(=O)NCC(=O)O)cc3)sc2n1. The van der Waals surface area contributed by atoms with Crippen LogP contribution in [0.25, 0.3) is 10.3 Å². The lowest BCUT2D eigenvalue weighted by Crippen LogP contribution is -2.29. The molecule has 0 unspecified atom stereocenters. The van der Waals surface area contributed by atoms with Crippen LogP contribution in [0.1, 0.15) is 43.6 Å². The number of fused-ring (bicyclic) bond motifs is 1. The summed E-state index contributed by atoms with van der Waals surface area (Å²) in [5, 5.41) is 12.1. The summed E-state index contributed by atoms with van der Waals surface area (Å²) in [5.41, 5.74) is 1.34. The van der Waals surface area contributed by atoms with Gasteiger partial charge in [-0.25, -0.2) is 18.4 Å². The number of rotatable bonds is 10. The fourth-order valence-corrected chi connectivity index (χ4v) is 6.06. The Kier molecular flexibility index (Phi) is 7.63. The topological polar surface area (TPSA) is 148 Å². The van der Waals surface area contributed by atoms with Crippen LogP contribution in [0.3, 0.4) is 0 Å². The van der Waals surface area contributed by atoms with Crippen molar-refractivity contribution < 1.29 is 27.9 Å². The molecule has 1 aliphatic carbocycles. The van der Waals surface area contributed by atoms with Crippen LogP contribution in [-0.4, -0.2) is 49.0 Å². The average Bonchev–Trinajstić information content (AvgIpc) is 3.50. The third-order valence-corrected chi connectivity index (χ3v) is 8.33. The highest BCUT2D eigenvalue weighted by molar-refractivity contribution is 7.89. The first-order chi connectivity index (χ1) is 16.7. The van der Waals surface area contributed by atoms with Crippen molar-refractivity contribution in [2.24, 2.45) is 5.92 Å². The molecule has 10 nitrogen and oxygen atoms in total. The van der Waals surface area contributed by atoms with E-state index in [-0.39, 0.29) is 10.8 Å². The van der Waals surface area contributed by atoms with Crippen molar-refractivity contribution in [2.75, 3.05) is 19.0 Å². The molecule has 1 atom stereocenters. The maximum atomic E-state index is 13.4. The Morgan fingerprint density at radius 2 is 1.86 bits per heavy atom. The number of amides is 1. The van der Waals surface area contributed by atoms with Crippen molar-refractivity contribution in [1.82, 2.24) is 14.7 Å². The number of carboxylic acids is 1. The zero-order valence-electron chi connectivity index (χ0n) is 19.1. The minimum absolute atomic E-state index is 0.0614. The van der Waals surface area contributed by atoms with Gasteiger partial charge in [0.05, 0.1) is 17.9 Å². The number of anilines is 1. The lowest BCUT2D eigenvalue weighted by Gasteiger charge is -2.20. The number of carboxylic acid groups (broad SMARTS) is 1.